The zero-order valence-electron chi connectivity index (χ0n) is 12.5. The number of hydrogen-bond donors (Lipinski definition) is 2. The molecular formula is C16H23ClN2O2S. The molecule has 1 aliphatic rings. The summed E-state index contributed by atoms with van der Waals surface area (Å²) in [6.45, 7) is 0.630. The van der Waals surface area contributed by atoms with E-state index in [9.17, 15) is 9.59 Å². The van der Waals surface area contributed by atoms with Crippen molar-refractivity contribution in [2.75, 3.05) is 18.1 Å². The van der Waals surface area contributed by atoms with Crippen molar-refractivity contribution in [1.82, 2.24) is 5.32 Å². The molecule has 1 amide bonds. The van der Waals surface area contributed by atoms with Crippen LogP contribution in [0.1, 0.15) is 29.6 Å². The molecule has 1 fully saturated rings. The van der Waals surface area contributed by atoms with E-state index in [0.29, 0.717) is 29.5 Å². The lowest BCUT2D eigenvalue weighted by atomic mass is 10.0. The van der Waals surface area contributed by atoms with Gasteiger partial charge in [0, 0.05) is 11.6 Å². The van der Waals surface area contributed by atoms with Crippen LogP contribution in [0.15, 0.2) is 30.3 Å². The minimum absolute atomic E-state index is 0. The van der Waals surface area contributed by atoms with Crippen LogP contribution in [0, 0.1) is 5.92 Å². The number of nitrogens with two attached hydrogens (primary N) is 1. The summed E-state index contributed by atoms with van der Waals surface area (Å²) in [7, 11) is 0. The minimum Gasteiger partial charge on any atom is -0.352 e. The summed E-state index contributed by atoms with van der Waals surface area (Å²) in [5.74, 6) is 1.14. The molecule has 22 heavy (non-hydrogen) atoms. The van der Waals surface area contributed by atoms with Crippen LogP contribution in [0.3, 0.4) is 0 Å². The molecule has 122 valence electrons. The maximum absolute atomic E-state index is 11.9. The van der Waals surface area contributed by atoms with Gasteiger partial charge in [-0.3, -0.25) is 9.59 Å². The number of ketones is 1. The van der Waals surface area contributed by atoms with E-state index in [-0.39, 0.29) is 30.1 Å². The molecule has 1 saturated carbocycles. The third-order valence-electron chi connectivity index (χ3n) is 3.87. The van der Waals surface area contributed by atoms with Gasteiger partial charge in [-0.05, 0) is 25.3 Å². The summed E-state index contributed by atoms with van der Waals surface area (Å²) in [6, 6.07) is 9.39. The second kappa shape index (κ2) is 9.87. The molecule has 4 nitrogen and oxygen atoms in total. The Morgan fingerprint density at radius 2 is 1.91 bits per heavy atom. The van der Waals surface area contributed by atoms with Crippen molar-refractivity contribution in [1.29, 1.82) is 0 Å². The number of nitrogens with one attached hydrogen (secondary N) is 1. The zero-order chi connectivity index (χ0) is 15.1. The number of hydrogen-bond acceptors (Lipinski definition) is 4. The number of thioether (sulfide) groups is 1. The van der Waals surface area contributed by atoms with Gasteiger partial charge in [-0.15, -0.1) is 24.2 Å². The van der Waals surface area contributed by atoms with E-state index < -0.39 is 0 Å². The van der Waals surface area contributed by atoms with Gasteiger partial charge in [0.25, 0.3) is 0 Å². The van der Waals surface area contributed by atoms with Crippen LogP contribution in [0.25, 0.3) is 0 Å². The smallest absolute Gasteiger partial charge is 0.230 e. The molecule has 0 aliphatic heterocycles. The number of rotatable bonds is 7. The van der Waals surface area contributed by atoms with E-state index in [4.69, 9.17) is 5.73 Å². The Hall–Kier alpha value is -1.04. The molecule has 0 saturated heterocycles. The highest BCUT2D eigenvalue weighted by Crippen LogP contribution is 2.24. The minimum atomic E-state index is 0. The van der Waals surface area contributed by atoms with Gasteiger partial charge in [-0.1, -0.05) is 36.8 Å². The lowest BCUT2D eigenvalue weighted by Gasteiger charge is -2.19. The van der Waals surface area contributed by atoms with Crippen LogP contribution < -0.4 is 11.1 Å². The topological polar surface area (TPSA) is 72.2 Å². The first-order valence-electron chi connectivity index (χ1n) is 7.36. The molecule has 2 rings (SSSR count). The summed E-state index contributed by atoms with van der Waals surface area (Å²) >= 11 is 1.36. The van der Waals surface area contributed by atoms with E-state index in [2.05, 4.69) is 5.32 Å². The zero-order valence-corrected chi connectivity index (χ0v) is 14.1. The first-order chi connectivity index (χ1) is 10.2. The molecule has 1 aromatic rings. The van der Waals surface area contributed by atoms with E-state index in [1.54, 1.807) is 12.1 Å². The first-order valence-corrected chi connectivity index (χ1v) is 8.51. The van der Waals surface area contributed by atoms with Crippen molar-refractivity contribution in [3.63, 3.8) is 0 Å². The number of benzene rings is 1. The fourth-order valence-corrected chi connectivity index (χ4v) is 3.42. The Morgan fingerprint density at radius 3 is 2.59 bits per heavy atom. The van der Waals surface area contributed by atoms with Gasteiger partial charge in [0.1, 0.15) is 0 Å². The van der Waals surface area contributed by atoms with Gasteiger partial charge in [-0.2, -0.15) is 0 Å². The normalized spacial score (nSPS) is 20.2. The van der Waals surface area contributed by atoms with Crippen molar-refractivity contribution in [2.24, 2.45) is 11.7 Å². The quantitative estimate of drug-likeness (QED) is 0.746. The fraction of sp³-hybridized carbons (Fsp3) is 0.500. The number of Topliss-reactive ketones (excluding diaryl/α,β-unsaturated/α-hetero) is 1. The largest absolute Gasteiger partial charge is 0.352 e. The third kappa shape index (κ3) is 5.63. The lowest BCUT2D eigenvalue weighted by Crippen LogP contribution is -2.40. The highest BCUT2D eigenvalue weighted by atomic mass is 35.5. The van der Waals surface area contributed by atoms with Gasteiger partial charge < -0.3 is 11.1 Å². The molecule has 0 aromatic heterocycles. The molecule has 2 atom stereocenters. The molecule has 1 aromatic carbocycles. The maximum atomic E-state index is 11.9. The van der Waals surface area contributed by atoms with Gasteiger partial charge in [0.05, 0.1) is 11.5 Å². The predicted octanol–water partition coefficient (Wildman–Crippen LogP) is 2.27. The van der Waals surface area contributed by atoms with Crippen LogP contribution in [0.5, 0.6) is 0 Å². The molecule has 2 unspecified atom stereocenters. The summed E-state index contributed by atoms with van der Waals surface area (Å²) in [6.07, 6.45) is 3.24. The molecule has 6 heteroatoms. The standard InChI is InChI=1S/C16H22N2O2S.ClH/c17-9-13-7-4-8-14(13)18-16(20)11-21-10-15(19)12-5-2-1-3-6-12;/h1-3,5-6,13-14H,4,7-11,17H2,(H,18,20);1H. The Kier molecular flexibility index (Phi) is 8.53. The van der Waals surface area contributed by atoms with Crippen molar-refractivity contribution in [2.45, 2.75) is 25.3 Å². The van der Waals surface area contributed by atoms with Crippen molar-refractivity contribution >= 4 is 35.9 Å². The van der Waals surface area contributed by atoms with E-state index >= 15 is 0 Å². The van der Waals surface area contributed by atoms with Crippen LogP contribution >= 0.6 is 24.2 Å². The summed E-state index contributed by atoms with van der Waals surface area (Å²) in [5, 5.41) is 3.04. The summed E-state index contributed by atoms with van der Waals surface area (Å²) in [4.78, 5) is 23.8. The lowest BCUT2D eigenvalue weighted by molar-refractivity contribution is -0.119. The Bertz CT molecular complexity index is 484. The third-order valence-corrected chi connectivity index (χ3v) is 4.80. The van der Waals surface area contributed by atoms with E-state index in [0.717, 1.165) is 19.3 Å². The van der Waals surface area contributed by atoms with Crippen molar-refractivity contribution in [3.8, 4) is 0 Å². The number of carbonyl (C=O) groups is 2. The summed E-state index contributed by atoms with van der Waals surface area (Å²) in [5.41, 5.74) is 6.40. The highest BCUT2D eigenvalue weighted by molar-refractivity contribution is 8.00. The van der Waals surface area contributed by atoms with Crippen LogP contribution in [0.2, 0.25) is 0 Å². The SMILES string of the molecule is Cl.NCC1CCCC1NC(=O)CSCC(=O)c1ccccc1. The predicted molar refractivity (Wildman–Crippen MR) is 93.7 cm³/mol. The highest BCUT2D eigenvalue weighted by Gasteiger charge is 2.27. The van der Waals surface area contributed by atoms with Gasteiger partial charge in [0.15, 0.2) is 5.78 Å². The molecule has 0 spiro atoms. The summed E-state index contributed by atoms with van der Waals surface area (Å²) < 4.78 is 0. The number of amides is 1. The molecule has 0 heterocycles. The Balaban J connectivity index is 0.00000242. The van der Waals surface area contributed by atoms with Crippen LogP contribution in [-0.4, -0.2) is 35.8 Å². The first kappa shape index (κ1) is 19.0. The van der Waals surface area contributed by atoms with Crippen LogP contribution in [0.4, 0.5) is 0 Å². The number of carbonyl (C=O) groups excluding carboxylic acids is 2. The average Bonchev–Trinajstić information content (AvgIpc) is 2.95. The Labute approximate surface area is 142 Å². The second-order valence-corrected chi connectivity index (χ2v) is 6.37. The Morgan fingerprint density at radius 1 is 1.18 bits per heavy atom. The second-order valence-electron chi connectivity index (χ2n) is 5.38. The molecule has 1 aliphatic carbocycles. The average molecular weight is 343 g/mol. The fourth-order valence-electron chi connectivity index (χ4n) is 2.70. The van der Waals surface area contributed by atoms with Crippen molar-refractivity contribution < 1.29 is 9.59 Å². The van der Waals surface area contributed by atoms with E-state index in [1.807, 2.05) is 18.2 Å². The van der Waals surface area contributed by atoms with Crippen molar-refractivity contribution in [3.05, 3.63) is 35.9 Å². The van der Waals surface area contributed by atoms with E-state index in [1.165, 1.54) is 11.8 Å². The van der Waals surface area contributed by atoms with Gasteiger partial charge >= 0.3 is 0 Å². The van der Waals surface area contributed by atoms with Gasteiger partial charge in [-0.25, -0.2) is 0 Å². The maximum Gasteiger partial charge on any atom is 0.230 e. The molecule has 3 N–H and O–H groups in total. The van der Waals surface area contributed by atoms with Gasteiger partial charge in [0.2, 0.25) is 5.91 Å². The molecule has 0 bridgehead atoms. The molecule has 0 radical (unpaired) electrons. The van der Waals surface area contributed by atoms with Crippen LogP contribution in [-0.2, 0) is 4.79 Å². The monoisotopic (exact) mass is 342 g/mol. The number of halogens is 1. The molecular weight excluding hydrogens is 320 g/mol.